The zero-order chi connectivity index (χ0) is 22.9. The van der Waals surface area contributed by atoms with Crippen molar-refractivity contribution < 1.29 is 22.8 Å². The van der Waals surface area contributed by atoms with Gasteiger partial charge in [-0.3, -0.25) is 24.0 Å². The van der Waals surface area contributed by atoms with Crippen LogP contribution in [-0.2, 0) is 14.8 Å². The molecule has 0 unspecified atom stereocenters. The van der Waals surface area contributed by atoms with Gasteiger partial charge in [-0.25, -0.2) is 8.42 Å². The molecule has 10 heteroatoms. The predicted molar refractivity (Wildman–Crippen MR) is 122 cm³/mol. The molecule has 0 spiro atoms. The Labute approximate surface area is 191 Å². The topological polar surface area (TPSA) is 104 Å². The largest absolute Gasteiger partial charge is 0.338 e. The van der Waals surface area contributed by atoms with Gasteiger partial charge in [-0.05, 0) is 61.7 Å². The molecule has 1 N–H and O–H groups in total. The van der Waals surface area contributed by atoms with Crippen LogP contribution in [0.25, 0.3) is 0 Å². The smallest absolute Gasteiger partial charge is 0.289 e. The Hall–Kier alpha value is -2.85. The van der Waals surface area contributed by atoms with Crippen LogP contribution in [0.2, 0.25) is 0 Å². The summed E-state index contributed by atoms with van der Waals surface area (Å²) in [5.41, 5.74) is 1.66. The number of thioether (sulfide) groups is 1. The van der Waals surface area contributed by atoms with Crippen molar-refractivity contribution in [3.8, 4) is 0 Å². The number of benzene rings is 2. The lowest BCUT2D eigenvalue weighted by Crippen LogP contribution is -2.48. The molecule has 2 aromatic carbocycles. The van der Waals surface area contributed by atoms with Gasteiger partial charge in [-0.1, -0.05) is 23.9 Å². The van der Waals surface area contributed by atoms with Gasteiger partial charge >= 0.3 is 0 Å². The minimum Gasteiger partial charge on any atom is -0.338 e. The summed E-state index contributed by atoms with van der Waals surface area (Å²) in [5.74, 6) is -0.128. The molecule has 0 radical (unpaired) electrons. The maximum Gasteiger partial charge on any atom is 0.289 e. The SMILES string of the molecule is Cc1cccc(S(=O)(=O)Nc2ccc(C(=O)N3CCC(N4C(=O)CSC4=O)CC3)cc2)c1. The second kappa shape index (κ2) is 8.95. The van der Waals surface area contributed by atoms with Crippen molar-refractivity contribution in [2.24, 2.45) is 0 Å². The first kappa shape index (κ1) is 22.3. The van der Waals surface area contributed by atoms with E-state index >= 15 is 0 Å². The number of aryl methyl sites for hydroxylation is 1. The van der Waals surface area contributed by atoms with Crippen molar-refractivity contribution in [1.82, 2.24) is 9.80 Å². The standard InChI is InChI=1S/C22H23N3O5S2/c1-15-3-2-4-19(13-15)32(29,30)23-17-7-5-16(6-8-17)21(27)24-11-9-18(10-12-24)25-20(26)14-31-22(25)28/h2-8,13,18,23H,9-12,14H2,1H3. The summed E-state index contributed by atoms with van der Waals surface area (Å²) in [6, 6.07) is 12.8. The molecule has 0 bridgehead atoms. The Morgan fingerprint density at radius 3 is 2.34 bits per heavy atom. The van der Waals surface area contributed by atoms with E-state index < -0.39 is 10.0 Å². The van der Waals surface area contributed by atoms with Gasteiger partial charge in [0.1, 0.15) is 0 Å². The van der Waals surface area contributed by atoms with Crippen molar-refractivity contribution in [2.75, 3.05) is 23.6 Å². The first-order valence-corrected chi connectivity index (χ1v) is 12.7. The molecule has 2 heterocycles. The molecular weight excluding hydrogens is 450 g/mol. The lowest BCUT2D eigenvalue weighted by Gasteiger charge is -2.35. The number of amides is 3. The van der Waals surface area contributed by atoms with Gasteiger partial charge in [-0.15, -0.1) is 0 Å². The Morgan fingerprint density at radius 1 is 1.06 bits per heavy atom. The van der Waals surface area contributed by atoms with Crippen LogP contribution in [0.1, 0.15) is 28.8 Å². The molecule has 0 aromatic heterocycles. The summed E-state index contributed by atoms with van der Waals surface area (Å²) in [4.78, 5) is 39.9. The molecule has 2 fully saturated rings. The highest BCUT2D eigenvalue weighted by Crippen LogP contribution is 2.27. The van der Waals surface area contributed by atoms with Gasteiger partial charge in [0.05, 0.1) is 10.6 Å². The number of carbonyl (C=O) groups is 3. The number of piperidine rings is 1. The molecule has 2 aromatic rings. The molecule has 3 amide bonds. The fraction of sp³-hybridized carbons (Fsp3) is 0.318. The third-order valence-electron chi connectivity index (χ3n) is 5.59. The van der Waals surface area contributed by atoms with Gasteiger partial charge in [0.15, 0.2) is 0 Å². The zero-order valence-corrected chi connectivity index (χ0v) is 19.1. The number of sulfonamides is 1. The first-order chi connectivity index (χ1) is 15.2. The maximum atomic E-state index is 12.8. The molecule has 2 saturated heterocycles. The first-order valence-electron chi connectivity index (χ1n) is 10.2. The minimum absolute atomic E-state index is 0.159. The van der Waals surface area contributed by atoms with Crippen molar-refractivity contribution in [3.05, 3.63) is 59.7 Å². The molecule has 2 aliphatic rings. The number of carbonyl (C=O) groups excluding carboxylic acids is 3. The molecule has 4 rings (SSSR count). The normalized spacial score (nSPS) is 17.7. The summed E-state index contributed by atoms with van der Waals surface area (Å²) in [6.45, 7) is 2.72. The number of rotatable bonds is 5. The molecule has 8 nitrogen and oxygen atoms in total. The van der Waals surface area contributed by atoms with Crippen LogP contribution in [-0.4, -0.2) is 60.2 Å². The lowest BCUT2D eigenvalue weighted by molar-refractivity contribution is -0.126. The summed E-state index contributed by atoms with van der Waals surface area (Å²) in [5, 5.41) is -0.205. The van der Waals surface area contributed by atoms with Crippen molar-refractivity contribution in [1.29, 1.82) is 0 Å². The van der Waals surface area contributed by atoms with E-state index in [0.717, 1.165) is 17.3 Å². The highest BCUT2D eigenvalue weighted by atomic mass is 32.2. The number of nitrogens with one attached hydrogen (secondary N) is 1. The van der Waals surface area contributed by atoms with Gasteiger partial charge in [0, 0.05) is 30.4 Å². The maximum absolute atomic E-state index is 12.8. The molecule has 168 valence electrons. The second-order valence-corrected chi connectivity index (χ2v) is 10.5. The lowest BCUT2D eigenvalue weighted by atomic mass is 10.0. The fourth-order valence-electron chi connectivity index (χ4n) is 3.90. The Kier molecular flexibility index (Phi) is 6.25. The highest BCUT2D eigenvalue weighted by Gasteiger charge is 2.38. The second-order valence-electron chi connectivity index (χ2n) is 7.84. The molecule has 0 saturated carbocycles. The Bertz CT molecular complexity index is 1140. The van der Waals surface area contributed by atoms with Gasteiger partial charge in [0.2, 0.25) is 5.91 Å². The average molecular weight is 474 g/mol. The van der Waals surface area contributed by atoms with Crippen LogP contribution in [0.4, 0.5) is 10.5 Å². The summed E-state index contributed by atoms with van der Waals surface area (Å²) in [6.07, 6.45) is 1.11. The summed E-state index contributed by atoms with van der Waals surface area (Å²) >= 11 is 1.02. The molecule has 2 aliphatic heterocycles. The zero-order valence-electron chi connectivity index (χ0n) is 17.5. The summed E-state index contributed by atoms with van der Waals surface area (Å²) in [7, 11) is -3.72. The monoisotopic (exact) mass is 473 g/mol. The number of likely N-dealkylation sites (tertiary alicyclic amines) is 1. The predicted octanol–water partition coefficient (Wildman–Crippen LogP) is 3.10. The Balaban J connectivity index is 1.37. The minimum atomic E-state index is -3.72. The van der Waals surface area contributed by atoms with Crippen molar-refractivity contribution in [2.45, 2.75) is 30.7 Å². The molecule has 32 heavy (non-hydrogen) atoms. The van der Waals surface area contributed by atoms with E-state index in [9.17, 15) is 22.8 Å². The number of nitrogens with zero attached hydrogens (tertiary/aromatic N) is 2. The molecule has 0 aliphatic carbocycles. The quantitative estimate of drug-likeness (QED) is 0.716. The van der Waals surface area contributed by atoms with Crippen LogP contribution in [0, 0.1) is 6.92 Å². The van der Waals surface area contributed by atoms with E-state index in [2.05, 4.69) is 4.72 Å². The third kappa shape index (κ3) is 4.66. The molecular formula is C22H23N3O5S2. The van der Waals surface area contributed by atoms with Gasteiger partial charge in [-0.2, -0.15) is 0 Å². The number of hydrogen-bond acceptors (Lipinski definition) is 6. The van der Waals surface area contributed by atoms with Gasteiger partial charge in [0.25, 0.3) is 21.2 Å². The van der Waals surface area contributed by atoms with E-state index in [1.54, 1.807) is 41.3 Å². The van der Waals surface area contributed by atoms with E-state index in [0.29, 0.717) is 37.2 Å². The van der Waals surface area contributed by atoms with Crippen LogP contribution in [0.15, 0.2) is 53.4 Å². The van der Waals surface area contributed by atoms with Crippen LogP contribution < -0.4 is 4.72 Å². The van der Waals surface area contributed by atoms with Crippen LogP contribution in [0.5, 0.6) is 0 Å². The number of imide groups is 1. The van der Waals surface area contributed by atoms with Gasteiger partial charge < -0.3 is 4.90 Å². The third-order valence-corrected chi connectivity index (χ3v) is 7.80. The summed E-state index contributed by atoms with van der Waals surface area (Å²) < 4.78 is 27.7. The van der Waals surface area contributed by atoms with Crippen LogP contribution >= 0.6 is 11.8 Å². The van der Waals surface area contributed by atoms with E-state index in [-0.39, 0.29) is 33.7 Å². The van der Waals surface area contributed by atoms with E-state index in [1.807, 2.05) is 13.0 Å². The van der Waals surface area contributed by atoms with Crippen molar-refractivity contribution >= 4 is 44.5 Å². The average Bonchev–Trinajstić information content (AvgIpc) is 3.11. The highest BCUT2D eigenvalue weighted by molar-refractivity contribution is 8.14. The number of anilines is 1. The number of hydrogen-bond donors (Lipinski definition) is 1. The Morgan fingerprint density at radius 2 is 1.75 bits per heavy atom. The molecule has 0 atom stereocenters. The van der Waals surface area contributed by atoms with E-state index in [4.69, 9.17) is 0 Å². The van der Waals surface area contributed by atoms with Crippen molar-refractivity contribution in [3.63, 3.8) is 0 Å². The van der Waals surface area contributed by atoms with Crippen LogP contribution in [0.3, 0.4) is 0 Å². The fourth-order valence-corrected chi connectivity index (χ4v) is 5.84. The van der Waals surface area contributed by atoms with E-state index in [1.165, 1.54) is 11.0 Å².